The normalized spacial score (nSPS) is 10.8. The molecular weight excluding hydrogens is 500 g/mol. The number of tetrazole rings is 1. The van der Waals surface area contributed by atoms with Crippen LogP contribution in [0.25, 0.3) is 22.5 Å². The van der Waals surface area contributed by atoms with Crippen molar-refractivity contribution in [1.29, 1.82) is 0 Å². The molecule has 0 saturated heterocycles. The van der Waals surface area contributed by atoms with Gasteiger partial charge < -0.3 is 14.2 Å². The van der Waals surface area contributed by atoms with Crippen LogP contribution in [-0.4, -0.2) is 33.8 Å². The molecule has 1 heterocycles. The van der Waals surface area contributed by atoms with Crippen LogP contribution in [0.4, 0.5) is 0 Å². The molecule has 7 heteroatoms. The highest BCUT2D eigenvalue weighted by Gasteiger charge is 2.15. The van der Waals surface area contributed by atoms with Gasteiger partial charge in [-0.2, -0.15) is 5.21 Å². The zero-order valence-electron chi connectivity index (χ0n) is 23.0. The van der Waals surface area contributed by atoms with Gasteiger partial charge in [0.15, 0.2) is 0 Å². The van der Waals surface area contributed by atoms with Crippen molar-refractivity contribution in [2.24, 2.45) is 0 Å². The van der Waals surface area contributed by atoms with Crippen molar-refractivity contribution in [2.45, 2.75) is 39.5 Å². The topological polar surface area (TPSA) is 82.1 Å². The van der Waals surface area contributed by atoms with Gasteiger partial charge in [0.25, 0.3) is 0 Å². The highest BCUT2D eigenvalue weighted by Crippen LogP contribution is 2.36. The lowest BCUT2D eigenvalue weighted by molar-refractivity contribution is 0.244. The van der Waals surface area contributed by atoms with E-state index in [4.69, 9.17) is 14.2 Å². The van der Waals surface area contributed by atoms with E-state index < -0.39 is 0 Å². The number of H-pyrrole nitrogens is 1. The average molecular weight is 535 g/mol. The lowest BCUT2D eigenvalue weighted by Crippen LogP contribution is -2.07. The van der Waals surface area contributed by atoms with E-state index in [9.17, 15) is 0 Å². The van der Waals surface area contributed by atoms with Crippen molar-refractivity contribution in [3.63, 3.8) is 0 Å². The fourth-order valence-corrected chi connectivity index (χ4v) is 4.64. The van der Waals surface area contributed by atoms with Crippen LogP contribution in [0.3, 0.4) is 0 Å². The Balaban J connectivity index is 1.21. The van der Waals surface area contributed by atoms with Gasteiger partial charge in [-0.1, -0.05) is 74.9 Å². The number of aromatic amines is 1. The molecule has 1 aromatic heterocycles. The van der Waals surface area contributed by atoms with Gasteiger partial charge >= 0.3 is 0 Å². The average Bonchev–Trinajstić information content (AvgIpc) is 3.54. The molecule has 0 bridgehead atoms. The molecule has 5 rings (SSSR count). The van der Waals surface area contributed by atoms with Crippen LogP contribution in [0.15, 0.2) is 91.0 Å². The molecular formula is C33H34N4O3. The third-order valence-electron chi connectivity index (χ3n) is 6.64. The summed E-state index contributed by atoms with van der Waals surface area (Å²) in [6.45, 7) is 5.43. The molecule has 0 spiro atoms. The highest BCUT2D eigenvalue weighted by molar-refractivity contribution is 5.66. The third-order valence-corrected chi connectivity index (χ3v) is 6.64. The summed E-state index contributed by atoms with van der Waals surface area (Å²) in [5.74, 6) is 3.68. The molecule has 4 aromatic carbocycles. The fourth-order valence-electron chi connectivity index (χ4n) is 4.64. The molecule has 1 N–H and O–H groups in total. The molecule has 0 unspecified atom stereocenters. The molecule has 0 radical (unpaired) electrons. The van der Waals surface area contributed by atoms with Crippen molar-refractivity contribution >= 4 is 0 Å². The number of nitrogens with zero attached hydrogens (tertiary/aromatic N) is 3. The summed E-state index contributed by atoms with van der Waals surface area (Å²) in [7, 11) is 0. The second kappa shape index (κ2) is 13.4. The van der Waals surface area contributed by atoms with Gasteiger partial charge in [0.1, 0.15) is 23.0 Å². The zero-order valence-corrected chi connectivity index (χ0v) is 23.0. The van der Waals surface area contributed by atoms with Crippen LogP contribution < -0.4 is 14.2 Å². The van der Waals surface area contributed by atoms with E-state index in [0.717, 1.165) is 54.1 Å². The van der Waals surface area contributed by atoms with E-state index in [1.807, 2.05) is 48.5 Å². The summed E-state index contributed by atoms with van der Waals surface area (Å²) in [6.07, 6.45) is 3.47. The minimum atomic E-state index is 0.487. The molecule has 0 fully saturated rings. The smallest absolute Gasteiger partial charge is 0.208 e. The van der Waals surface area contributed by atoms with Crippen molar-refractivity contribution in [2.75, 3.05) is 13.2 Å². The number of para-hydroxylation sites is 1. The lowest BCUT2D eigenvalue weighted by Gasteiger charge is -2.17. The molecule has 7 nitrogen and oxygen atoms in total. The first-order valence-electron chi connectivity index (χ1n) is 13.8. The Labute approximate surface area is 235 Å². The van der Waals surface area contributed by atoms with Crippen LogP contribution >= 0.6 is 0 Å². The highest BCUT2D eigenvalue weighted by atomic mass is 16.5. The number of ether oxygens (including phenoxy) is 3. The van der Waals surface area contributed by atoms with Crippen molar-refractivity contribution in [1.82, 2.24) is 20.6 Å². The Morgan fingerprint density at radius 2 is 1.45 bits per heavy atom. The standard InChI is InChI=1S/C33H34N4O3/c1-3-12-27-30(17-10-18-31(27)40-32-16-9-8-15-28(32)33-34-36-37-35-33)39-22-11-21-38-29-20-19-26(23-24(29)4-2)25-13-6-5-7-14-25/h5-10,13-20,23H,3-4,11-12,21-22H2,1-2H3,(H,34,35,36,37). The summed E-state index contributed by atoms with van der Waals surface area (Å²) < 4.78 is 18.8. The molecule has 0 aliphatic carbocycles. The zero-order chi connectivity index (χ0) is 27.6. The summed E-state index contributed by atoms with van der Waals surface area (Å²) in [5, 5.41) is 14.4. The van der Waals surface area contributed by atoms with Crippen LogP contribution in [0.1, 0.15) is 37.8 Å². The summed E-state index contributed by atoms with van der Waals surface area (Å²) in [6, 6.07) is 30.5. The number of nitrogens with one attached hydrogen (secondary N) is 1. The first kappa shape index (κ1) is 26.9. The molecule has 40 heavy (non-hydrogen) atoms. The maximum absolute atomic E-state index is 6.38. The first-order chi connectivity index (χ1) is 19.8. The quantitative estimate of drug-likeness (QED) is 0.156. The molecule has 0 saturated carbocycles. The monoisotopic (exact) mass is 534 g/mol. The number of rotatable bonds is 13. The Bertz CT molecular complexity index is 1500. The largest absolute Gasteiger partial charge is 0.493 e. The summed E-state index contributed by atoms with van der Waals surface area (Å²) in [4.78, 5) is 0. The number of aromatic nitrogens is 4. The summed E-state index contributed by atoms with van der Waals surface area (Å²) >= 11 is 0. The first-order valence-corrected chi connectivity index (χ1v) is 13.8. The second-order valence-electron chi connectivity index (χ2n) is 9.41. The van der Waals surface area contributed by atoms with Gasteiger partial charge in [-0.05, 0) is 71.1 Å². The van der Waals surface area contributed by atoms with E-state index in [1.54, 1.807) is 0 Å². The Morgan fingerprint density at radius 3 is 2.23 bits per heavy atom. The van der Waals surface area contributed by atoms with Gasteiger partial charge in [0, 0.05) is 12.0 Å². The molecule has 0 aliphatic heterocycles. The molecule has 5 aromatic rings. The molecule has 204 valence electrons. The maximum atomic E-state index is 6.38. The molecule has 0 atom stereocenters. The predicted molar refractivity (Wildman–Crippen MR) is 157 cm³/mol. The molecule has 0 amide bonds. The Kier molecular flexibility index (Phi) is 9.04. The summed E-state index contributed by atoms with van der Waals surface area (Å²) in [5.41, 5.74) is 5.44. The van der Waals surface area contributed by atoms with Crippen molar-refractivity contribution < 1.29 is 14.2 Å². The van der Waals surface area contributed by atoms with Crippen LogP contribution in [0, 0.1) is 0 Å². The van der Waals surface area contributed by atoms with Crippen molar-refractivity contribution in [3.05, 3.63) is 102 Å². The van der Waals surface area contributed by atoms with Gasteiger partial charge in [0.05, 0.1) is 18.8 Å². The number of hydrogen-bond donors (Lipinski definition) is 1. The molecule has 0 aliphatic rings. The minimum absolute atomic E-state index is 0.487. The SMILES string of the molecule is CCCc1c(OCCCOc2ccc(-c3ccccc3)cc2CC)cccc1Oc1ccccc1-c1nn[nH]n1. The predicted octanol–water partition coefficient (Wildman–Crippen LogP) is 7.69. The van der Waals surface area contributed by atoms with Crippen LogP contribution in [-0.2, 0) is 12.8 Å². The fraction of sp³-hybridized carbons (Fsp3) is 0.242. The number of hydrogen-bond acceptors (Lipinski definition) is 6. The number of aryl methyl sites for hydroxylation is 1. The van der Waals surface area contributed by atoms with Gasteiger partial charge in [-0.25, -0.2) is 0 Å². The Morgan fingerprint density at radius 1 is 0.700 bits per heavy atom. The maximum Gasteiger partial charge on any atom is 0.208 e. The van der Waals surface area contributed by atoms with E-state index in [-0.39, 0.29) is 0 Å². The van der Waals surface area contributed by atoms with E-state index in [1.165, 1.54) is 16.7 Å². The second-order valence-corrected chi connectivity index (χ2v) is 9.41. The van der Waals surface area contributed by atoms with Gasteiger partial charge in [-0.15, -0.1) is 10.2 Å². The van der Waals surface area contributed by atoms with E-state index >= 15 is 0 Å². The van der Waals surface area contributed by atoms with Gasteiger partial charge in [0.2, 0.25) is 5.82 Å². The van der Waals surface area contributed by atoms with E-state index in [0.29, 0.717) is 24.8 Å². The van der Waals surface area contributed by atoms with Gasteiger partial charge in [-0.3, -0.25) is 0 Å². The van der Waals surface area contributed by atoms with Crippen LogP contribution in [0.5, 0.6) is 23.0 Å². The number of benzene rings is 4. The third kappa shape index (κ3) is 6.49. The van der Waals surface area contributed by atoms with Crippen LogP contribution in [0.2, 0.25) is 0 Å². The van der Waals surface area contributed by atoms with E-state index in [2.05, 4.69) is 76.9 Å². The Hall–Kier alpha value is -4.65. The van der Waals surface area contributed by atoms with Crippen molar-refractivity contribution in [3.8, 4) is 45.5 Å². The minimum Gasteiger partial charge on any atom is -0.493 e. The lowest BCUT2D eigenvalue weighted by atomic mass is 10.0.